The van der Waals surface area contributed by atoms with E-state index in [0.29, 0.717) is 10.2 Å². The van der Waals surface area contributed by atoms with E-state index < -0.39 is 6.36 Å². The first-order valence-corrected chi connectivity index (χ1v) is 5.89. The summed E-state index contributed by atoms with van der Waals surface area (Å²) >= 11 is 3.21. The Labute approximate surface area is 114 Å². The minimum atomic E-state index is -4.73. The van der Waals surface area contributed by atoms with Crippen molar-refractivity contribution in [2.45, 2.75) is 6.36 Å². The third-order valence-corrected chi connectivity index (χ3v) is 2.69. The highest BCUT2D eigenvalue weighted by Crippen LogP contribution is 2.23. The summed E-state index contributed by atoms with van der Waals surface area (Å²) in [7, 11) is 0. The van der Waals surface area contributed by atoms with Crippen LogP contribution in [0, 0.1) is 0 Å². The fraction of sp³-hybridized carbons (Fsp3) is 0.0833. The SMILES string of the molecule is O=c1ccc(Br)cn1-c1ccc(OC(F)(F)F)cc1. The van der Waals surface area contributed by atoms with Gasteiger partial charge in [-0.1, -0.05) is 0 Å². The minimum absolute atomic E-state index is 0.285. The zero-order valence-corrected chi connectivity index (χ0v) is 10.9. The fourth-order valence-electron chi connectivity index (χ4n) is 1.47. The smallest absolute Gasteiger partial charge is 0.406 e. The summed E-state index contributed by atoms with van der Waals surface area (Å²) < 4.78 is 41.7. The number of hydrogen-bond donors (Lipinski definition) is 0. The number of ether oxygens (including phenoxy) is 1. The van der Waals surface area contributed by atoms with Crippen LogP contribution in [-0.2, 0) is 0 Å². The molecule has 0 aliphatic carbocycles. The van der Waals surface area contributed by atoms with Crippen molar-refractivity contribution in [3.8, 4) is 11.4 Å². The lowest BCUT2D eigenvalue weighted by molar-refractivity contribution is -0.274. The Morgan fingerprint density at radius 2 is 1.68 bits per heavy atom. The van der Waals surface area contributed by atoms with Gasteiger partial charge >= 0.3 is 6.36 Å². The van der Waals surface area contributed by atoms with Crippen molar-refractivity contribution >= 4 is 15.9 Å². The highest BCUT2D eigenvalue weighted by Gasteiger charge is 2.30. The molecule has 2 rings (SSSR count). The zero-order valence-electron chi connectivity index (χ0n) is 9.32. The van der Waals surface area contributed by atoms with E-state index in [9.17, 15) is 18.0 Å². The largest absolute Gasteiger partial charge is 0.573 e. The normalized spacial score (nSPS) is 11.4. The molecule has 0 aliphatic heterocycles. The number of aromatic nitrogens is 1. The molecule has 0 bridgehead atoms. The first kappa shape index (κ1) is 13.7. The monoisotopic (exact) mass is 333 g/mol. The average Bonchev–Trinajstić information content (AvgIpc) is 2.31. The van der Waals surface area contributed by atoms with Gasteiger partial charge < -0.3 is 4.74 Å². The van der Waals surface area contributed by atoms with E-state index in [-0.39, 0.29) is 11.3 Å². The minimum Gasteiger partial charge on any atom is -0.406 e. The highest BCUT2D eigenvalue weighted by atomic mass is 79.9. The van der Waals surface area contributed by atoms with Crippen LogP contribution in [-0.4, -0.2) is 10.9 Å². The average molecular weight is 334 g/mol. The van der Waals surface area contributed by atoms with E-state index in [1.807, 2.05) is 0 Å². The summed E-state index contributed by atoms with van der Waals surface area (Å²) in [4.78, 5) is 11.6. The van der Waals surface area contributed by atoms with Crippen LogP contribution in [0.4, 0.5) is 13.2 Å². The molecule has 0 N–H and O–H groups in total. The van der Waals surface area contributed by atoms with Crippen molar-refractivity contribution in [2.75, 3.05) is 0 Å². The maximum atomic E-state index is 12.0. The Morgan fingerprint density at radius 3 is 2.26 bits per heavy atom. The molecule has 1 aromatic carbocycles. The second-order valence-electron chi connectivity index (χ2n) is 3.60. The van der Waals surface area contributed by atoms with E-state index >= 15 is 0 Å². The molecule has 1 aromatic heterocycles. The molecule has 1 heterocycles. The molecular weight excluding hydrogens is 327 g/mol. The van der Waals surface area contributed by atoms with Gasteiger partial charge in [-0.2, -0.15) is 0 Å². The first-order chi connectivity index (χ1) is 8.85. The Kier molecular flexibility index (Phi) is 3.66. The van der Waals surface area contributed by atoms with E-state index in [4.69, 9.17) is 0 Å². The van der Waals surface area contributed by atoms with Crippen molar-refractivity contribution in [3.63, 3.8) is 0 Å². The standard InChI is InChI=1S/C12H7BrF3NO2/c13-8-1-6-11(18)17(7-8)9-2-4-10(5-3-9)19-12(14,15)16/h1-7H. The number of halogens is 4. The molecule has 0 saturated carbocycles. The molecule has 0 radical (unpaired) electrons. The van der Waals surface area contributed by atoms with Crippen LogP contribution < -0.4 is 10.3 Å². The topological polar surface area (TPSA) is 31.2 Å². The maximum Gasteiger partial charge on any atom is 0.573 e. The van der Waals surface area contributed by atoms with Gasteiger partial charge in [-0.05, 0) is 46.3 Å². The lowest BCUT2D eigenvalue weighted by atomic mass is 10.3. The molecule has 2 aromatic rings. The number of pyridine rings is 1. The number of nitrogens with zero attached hydrogens (tertiary/aromatic N) is 1. The number of rotatable bonds is 2. The van der Waals surface area contributed by atoms with Crippen LogP contribution in [0.1, 0.15) is 0 Å². The van der Waals surface area contributed by atoms with Crippen LogP contribution >= 0.6 is 15.9 Å². The van der Waals surface area contributed by atoms with Gasteiger partial charge in [-0.3, -0.25) is 9.36 Å². The number of benzene rings is 1. The van der Waals surface area contributed by atoms with Crippen LogP contribution in [0.15, 0.2) is 51.9 Å². The molecule has 0 spiro atoms. The van der Waals surface area contributed by atoms with Crippen molar-refractivity contribution < 1.29 is 17.9 Å². The third kappa shape index (κ3) is 3.60. The summed E-state index contributed by atoms with van der Waals surface area (Å²) in [6.07, 6.45) is -3.20. The Morgan fingerprint density at radius 1 is 1.05 bits per heavy atom. The summed E-state index contributed by atoms with van der Waals surface area (Å²) in [6.45, 7) is 0. The lowest BCUT2D eigenvalue weighted by Crippen LogP contribution is -2.18. The molecule has 0 amide bonds. The Hall–Kier alpha value is -1.76. The van der Waals surface area contributed by atoms with Crippen LogP contribution in [0.25, 0.3) is 5.69 Å². The molecule has 7 heteroatoms. The molecule has 0 aliphatic rings. The summed E-state index contributed by atoms with van der Waals surface area (Å²) in [5.74, 6) is -0.334. The van der Waals surface area contributed by atoms with Gasteiger partial charge in [0.05, 0.1) is 0 Å². The van der Waals surface area contributed by atoms with E-state index in [1.165, 1.54) is 29.0 Å². The molecule has 0 unspecified atom stereocenters. The van der Waals surface area contributed by atoms with Gasteiger partial charge in [0.2, 0.25) is 0 Å². The molecule has 0 atom stereocenters. The third-order valence-electron chi connectivity index (χ3n) is 2.22. The van der Waals surface area contributed by atoms with Gasteiger partial charge in [0, 0.05) is 22.4 Å². The highest BCUT2D eigenvalue weighted by molar-refractivity contribution is 9.10. The van der Waals surface area contributed by atoms with Crippen LogP contribution in [0.2, 0.25) is 0 Å². The Balaban J connectivity index is 2.33. The van der Waals surface area contributed by atoms with Crippen molar-refractivity contribution in [1.29, 1.82) is 0 Å². The van der Waals surface area contributed by atoms with E-state index in [1.54, 1.807) is 6.07 Å². The second-order valence-corrected chi connectivity index (χ2v) is 4.51. The van der Waals surface area contributed by atoms with Crippen molar-refractivity contribution in [3.05, 3.63) is 57.4 Å². The van der Waals surface area contributed by atoms with Crippen molar-refractivity contribution in [1.82, 2.24) is 4.57 Å². The zero-order chi connectivity index (χ0) is 14.0. The summed E-state index contributed by atoms with van der Waals surface area (Å²) in [5.41, 5.74) is 0.161. The summed E-state index contributed by atoms with van der Waals surface area (Å²) in [6, 6.07) is 7.97. The van der Waals surface area contributed by atoms with Gasteiger partial charge in [0.25, 0.3) is 5.56 Å². The number of hydrogen-bond acceptors (Lipinski definition) is 2. The fourth-order valence-corrected chi connectivity index (χ4v) is 1.81. The van der Waals surface area contributed by atoms with Gasteiger partial charge in [0.1, 0.15) is 5.75 Å². The van der Waals surface area contributed by atoms with E-state index in [2.05, 4.69) is 20.7 Å². The summed E-state index contributed by atoms with van der Waals surface area (Å²) in [5, 5.41) is 0. The predicted octanol–water partition coefficient (Wildman–Crippen LogP) is 3.50. The van der Waals surface area contributed by atoms with Gasteiger partial charge in [-0.25, -0.2) is 0 Å². The maximum absolute atomic E-state index is 12.0. The number of alkyl halides is 3. The lowest BCUT2D eigenvalue weighted by Gasteiger charge is -2.10. The molecule has 0 saturated heterocycles. The molecule has 100 valence electrons. The molecular formula is C12H7BrF3NO2. The quantitative estimate of drug-likeness (QED) is 0.842. The first-order valence-electron chi connectivity index (χ1n) is 5.09. The van der Waals surface area contributed by atoms with E-state index in [0.717, 1.165) is 12.1 Å². The Bertz CT molecular complexity index is 635. The van der Waals surface area contributed by atoms with Gasteiger partial charge in [0.15, 0.2) is 0 Å². The predicted molar refractivity (Wildman–Crippen MR) is 66.4 cm³/mol. The van der Waals surface area contributed by atoms with Crippen LogP contribution in [0.5, 0.6) is 5.75 Å². The van der Waals surface area contributed by atoms with Crippen LogP contribution in [0.3, 0.4) is 0 Å². The molecule has 3 nitrogen and oxygen atoms in total. The van der Waals surface area contributed by atoms with Crippen molar-refractivity contribution in [2.24, 2.45) is 0 Å². The molecule has 19 heavy (non-hydrogen) atoms. The molecule has 0 fully saturated rings. The second kappa shape index (κ2) is 5.08. The van der Waals surface area contributed by atoms with Gasteiger partial charge in [-0.15, -0.1) is 13.2 Å².